The zero-order valence-corrected chi connectivity index (χ0v) is 14.6. The first-order valence-electron chi connectivity index (χ1n) is 8.82. The molecule has 2 heterocycles. The van der Waals surface area contributed by atoms with Crippen molar-refractivity contribution in [2.75, 3.05) is 13.1 Å². The van der Waals surface area contributed by atoms with E-state index in [0.717, 1.165) is 0 Å². The van der Waals surface area contributed by atoms with Gasteiger partial charge in [-0.2, -0.15) is 0 Å². The fourth-order valence-electron chi connectivity index (χ4n) is 3.47. The van der Waals surface area contributed by atoms with E-state index in [2.05, 4.69) is 10.6 Å². The number of likely N-dealkylation sites (tertiary alicyclic amines) is 1. The zero-order valence-electron chi connectivity index (χ0n) is 14.6. The highest BCUT2D eigenvalue weighted by molar-refractivity contribution is 6.07. The van der Waals surface area contributed by atoms with Crippen LogP contribution in [0.4, 0.5) is 4.79 Å². The Labute approximate surface area is 156 Å². The number of carbonyl (C=O) groups is 3. The molecular formula is C20H19N3O4. The lowest BCUT2D eigenvalue weighted by atomic mass is 9.87. The molecule has 2 aromatic carbocycles. The lowest BCUT2D eigenvalue weighted by Crippen LogP contribution is -2.55. The Morgan fingerprint density at radius 1 is 0.963 bits per heavy atom. The highest BCUT2D eigenvalue weighted by Gasteiger charge is 2.48. The third-order valence-electron chi connectivity index (χ3n) is 4.98. The van der Waals surface area contributed by atoms with Crippen molar-refractivity contribution < 1.29 is 19.1 Å². The van der Waals surface area contributed by atoms with Gasteiger partial charge in [0.25, 0.3) is 11.8 Å². The molecule has 27 heavy (non-hydrogen) atoms. The van der Waals surface area contributed by atoms with Gasteiger partial charge in [0.1, 0.15) is 17.0 Å². The number of hydrogen-bond acceptors (Lipinski definition) is 4. The number of urea groups is 1. The molecule has 2 fully saturated rings. The van der Waals surface area contributed by atoms with E-state index in [-0.39, 0.29) is 11.8 Å². The summed E-state index contributed by atoms with van der Waals surface area (Å²) in [6.07, 6.45) is 0.799. The van der Waals surface area contributed by atoms with Crippen LogP contribution < -0.4 is 15.4 Å². The summed E-state index contributed by atoms with van der Waals surface area (Å²) < 4.78 is 5.79. The molecule has 2 aliphatic rings. The minimum absolute atomic E-state index is 0.118. The van der Waals surface area contributed by atoms with Crippen LogP contribution in [0.3, 0.4) is 0 Å². The van der Waals surface area contributed by atoms with Gasteiger partial charge in [0.05, 0.1) is 0 Å². The Balaban J connectivity index is 1.44. The second kappa shape index (κ2) is 6.75. The summed E-state index contributed by atoms with van der Waals surface area (Å²) in [5, 5.41) is 4.97. The summed E-state index contributed by atoms with van der Waals surface area (Å²) >= 11 is 0. The number of nitrogens with zero attached hydrogens (tertiary/aromatic N) is 1. The van der Waals surface area contributed by atoms with Crippen LogP contribution in [0.1, 0.15) is 23.2 Å². The van der Waals surface area contributed by atoms with Crippen molar-refractivity contribution in [1.82, 2.24) is 15.5 Å². The molecule has 0 atom stereocenters. The maximum atomic E-state index is 12.8. The average Bonchev–Trinajstić information content (AvgIpc) is 2.95. The Kier molecular flexibility index (Phi) is 4.27. The molecular weight excluding hydrogens is 346 g/mol. The molecule has 2 saturated heterocycles. The second-order valence-corrected chi connectivity index (χ2v) is 6.73. The molecule has 1 spiro atoms. The van der Waals surface area contributed by atoms with E-state index in [1.165, 1.54) is 0 Å². The third kappa shape index (κ3) is 3.36. The largest absolute Gasteiger partial charge is 0.457 e. The molecule has 2 N–H and O–H groups in total. The summed E-state index contributed by atoms with van der Waals surface area (Å²) in [4.78, 5) is 38.0. The maximum absolute atomic E-state index is 12.8. The first kappa shape index (κ1) is 17.1. The average molecular weight is 365 g/mol. The summed E-state index contributed by atoms with van der Waals surface area (Å²) in [6.45, 7) is 0.798. The van der Waals surface area contributed by atoms with Gasteiger partial charge in [0.2, 0.25) is 0 Å². The van der Waals surface area contributed by atoms with Crippen molar-refractivity contribution >= 4 is 17.8 Å². The number of para-hydroxylation sites is 1. The molecule has 0 bridgehead atoms. The molecule has 7 heteroatoms. The smallest absolute Gasteiger partial charge is 0.322 e. The van der Waals surface area contributed by atoms with Crippen molar-refractivity contribution in [1.29, 1.82) is 0 Å². The van der Waals surface area contributed by atoms with Crippen LogP contribution in [0, 0.1) is 0 Å². The Morgan fingerprint density at radius 3 is 2.33 bits per heavy atom. The van der Waals surface area contributed by atoms with Crippen molar-refractivity contribution in [2.45, 2.75) is 18.4 Å². The van der Waals surface area contributed by atoms with Crippen LogP contribution in [0.15, 0.2) is 54.6 Å². The first-order chi connectivity index (χ1) is 13.1. The number of hydrogen-bond donors (Lipinski definition) is 2. The van der Waals surface area contributed by atoms with Gasteiger partial charge < -0.3 is 15.0 Å². The minimum atomic E-state index is -0.883. The van der Waals surface area contributed by atoms with Crippen LogP contribution in [0.2, 0.25) is 0 Å². The van der Waals surface area contributed by atoms with Crippen molar-refractivity contribution in [3.8, 4) is 11.5 Å². The van der Waals surface area contributed by atoms with Crippen LogP contribution in [-0.4, -0.2) is 41.4 Å². The van der Waals surface area contributed by atoms with Gasteiger partial charge in [-0.3, -0.25) is 14.9 Å². The molecule has 7 nitrogen and oxygen atoms in total. The number of ether oxygens (including phenoxy) is 1. The van der Waals surface area contributed by atoms with Crippen LogP contribution >= 0.6 is 0 Å². The SMILES string of the molecule is O=C1NC(=O)C2(CCN(C(=O)c3cccc(Oc4ccccc4)c3)CC2)N1. The number of rotatable bonds is 3. The predicted molar refractivity (Wildman–Crippen MR) is 97.5 cm³/mol. The molecule has 0 unspecified atom stereocenters. The highest BCUT2D eigenvalue weighted by Crippen LogP contribution is 2.27. The molecule has 0 saturated carbocycles. The van der Waals surface area contributed by atoms with Crippen LogP contribution in [0.25, 0.3) is 0 Å². The third-order valence-corrected chi connectivity index (χ3v) is 4.98. The summed E-state index contributed by atoms with van der Waals surface area (Å²) in [5.41, 5.74) is -0.356. The molecule has 2 aliphatic heterocycles. The van der Waals surface area contributed by atoms with Gasteiger partial charge in [-0.25, -0.2) is 4.79 Å². The fraction of sp³-hybridized carbons (Fsp3) is 0.250. The van der Waals surface area contributed by atoms with E-state index in [0.29, 0.717) is 43.0 Å². The van der Waals surface area contributed by atoms with Gasteiger partial charge >= 0.3 is 6.03 Å². The van der Waals surface area contributed by atoms with E-state index < -0.39 is 11.6 Å². The van der Waals surface area contributed by atoms with E-state index in [9.17, 15) is 14.4 Å². The molecule has 2 aromatic rings. The van der Waals surface area contributed by atoms with Crippen LogP contribution in [-0.2, 0) is 4.79 Å². The highest BCUT2D eigenvalue weighted by atomic mass is 16.5. The van der Waals surface area contributed by atoms with E-state index in [1.54, 1.807) is 29.2 Å². The van der Waals surface area contributed by atoms with Gasteiger partial charge in [0, 0.05) is 18.7 Å². The topological polar surface area (TPSA) is 87.7 Å². The molecule has 0 aromatic heterocycles. The van der Waals surface area contributed by atoms with E-state index in [4.69, 9.17) is 4.74 Å². The van der Waals surface area contributed by atoms with Crippen molar-refractivity contribution in [2.24, 2.45) is 0 Å². The Hall–Kier alpha value is -3.35. The quantitative estimate of drug-likeness (QED) is 0.817. The lowest BCUT2D eigenvalue weighted by molar-refractivity contribution is -0.125. The van der Waals surface area contributed by atoms with E-state index in [1.807, 2.05) is 30.3 Å². The van der Waals surface area contributed by atoms with Gasteiger partial charge in [-0.1, -0.05) is 24.3 Å². The first-order valence-corrected chi connectivity index (χ1v) is 8.82. The Bertz CT molecular complexity index is 889. The number of benzene rings is 2. The standard InChI is InChI=1S/C20H19N3O4/c24-17(23-11-9-20(10-12-23)18(25)21-19(26)22-20)14-5-4-8-16(13-14)27-15-6-2-1-3-7-15/h1-8,13H,9-12H2,(H2,21,22,25,26). The molecule has 0 aliphatic carbocycles. The van der Waals surface area contributed by atoms with Gasteiger partial charge in [-0.05, 0) is 43.2 Å². The summed E-state index contributed by atoms with van der Waals surface area (Å²) in [7, 11) is 0. The van der Waals surface area contributed by atoms with Crippen molar-refractivity contribution in [3.63, 3.8) is 0 Å². The predicted octanol–water partition coefficient (Wildman–Crippen LogP) is 2.29. The summed E-state index contributed by atoms with van der Waals surface area (Å²) in [6, 6.07) is 15.9. The zero-order chi connectivity index (χ0) is 18.9. The molecule has 138 valence electrons. The number of nitrogens with one attached hydrogen (secondary N) is 2. The summed E-state index contributed by atoms with van der Waals surface area (Å²) in [5.74, 6) is 0.860. The van der Waals surface area contributed by atoms with Crippen LogP contribution in [0.5, 0.6) is 11.5 Å². The number of carbonyl (C=O) groups excluding carboxylic acids is 3. The normalized spacial score (nSPS) is 18.1. The molecule has 4 rings (SSSR count). The number of piperidine rings is 1. The Morgan fingerprint density at radius 2 is 1.67 bits per heavy atom. The molecule has 4 amide bonds. The van der Waals surface area contributed by atoms with E-state index >= 15 is 0 Å². The fourth-order valence-corrected chi connectivity index (χ4v) is 3.47. The number of amides is 4. The maximum Gasteiger partial charge on any atom is 0.322 e. The molecule has 0 radical (unpaired) electrons. The van der Waals surface area contributed by atoms with Crippen molar-refractivity contribution in [3.05, 3.63) is 60.2 Å². The van der Waals surface area contributed by atoms with Gasteiger partial charge in [-0.15, -0.1) is 0 Å². The monoisotopic (exact) mass is 365 g/mol. The second-order valence-electron chi connectivity index (χ2n) is 6.73. The lowest BCUT2D eigenvalue weighted by Gasteiger charge is -2.37. The number of imide groups is 1. The van der Waals surface area contributed by atoms with Gasteiger partial charge in [0.15, 0.2) is 0 Å². The minimum Gasteiger partial charge on any atom is -0.457 e.